The van der Waals surface area contributed by atoms with E-state index >= 15 is 0 Å². The molecule has 1 aliphatic heterocycles. The minimum absolute atomic E-state index is 0.198. The third-order valence-electron chi connectivity index (χ3n) is 3.13. The number of halogens is 2. The molecule has 1 unspecified atom stereocenters. The molecule has 1 N–H and O–H groups in total. The molecule has 0 aromatic heterocycles. The van der Waals surface area contributed by atoms with E-state index in [1.807, 2.05) is 12.1 Å². The topological polar surface area (TPSA) is 15.3 Å². The number of hydrogen-bond donors (Lipinski definition) is 1. The van der Waals surface area contributed by atoms with Crippen molar-refractivity contribution < 1.29 is 4.39 Å². The number of nitrogens with zero attached hydrogens (tertiary/aromatic N) is 1. The molecule has 1 fully saturated rings. The van der Waals surface area contributed by atoms with Gasteiger partial charge in [-0.25, -0.2) is 4.39 Å². The smallest absolute Gasteiger partial charge is 0.137 e. The van der Waals surface area contributed by atoms with Crippen LogP contribution in [-0.4, -0.2) is 31.1 Å². The van der Waals surface area contributed by atoms with Crippen LogP contribution in [0.2, 0.25) is 0 Å². The Morgan fingerprint density at radius 3 is 2.69 bits per heavy atom. The second-order valence-corrected chi connectivity index (χ2v) is 4.99. The van der Waals surface area contributed by atoms with Crippen LogP contribution in [0.15, 0.2) is 22.7 Å². The second kappa shape index (κ2) is 5.25. The molecule has 1 aromatic carbocycles. The van der Waals surface area contributed by atoms with Crippen LogP contribution in [0, 0.1) is 5.82 Å². The third kappa shape index (κ3) is 2.62. The summed E-state index contributed by atoms with van der Waals surface area (Å²) < 4.78 is 13.7. The molecule has 1 atom stereocenters. The van der Waals surface area contributed by atoms with Crippen LogP contribution in [-0.2, 0) is 0 Å². The van der Waals surface area contributed by atoms with Gasteiger partial charge < -0.3 is 5.32 Å². The molecule has 0 radical (unpaired) electrons. The normalized spacial score (nSPS) is 19.7. The van der Waals surface area contributed by atoms with E-state index < -0.39 is 0 Å². The summed E-state index contributed by atoms with van der Waals surface area (Å²) in [7, 11) is 0. The van der Waals surface area contributed by atoms with E-state index in [1.165, 1.54) is 6.07 Å². The second-order valence-electron chi connectivity index (χ2n) is 4.14. The fourth-order valence-electron chi connectivity index (χ4n) is 2.05. The number of nitrogens with one attached hydrogen (secondary N) is 1. The van der Waals surface area contributed by atoms with Crippen molar-refractivity contribution in [3.8, 4) is 0 Å². The van der Waals surface area contributed by atoms with Crippen molar-refractivity contribution in [2.24, 2.45) is 0 Å². The molecule has 2 rings (SSSR count). The Kier molecular flexibility index (Phi) is 3.95. The van der Waals surface area contributed by atoms with Crippen LogP contribution in [0.4, 0.5) is 4.39 Å². The number of rotatable bonds is 2. The molecule has 1 heterocycles. The fourth-order valence-corrected chi connectivity index (χ4v) is 2.45. The molecule has 1 aliphatic rings. The molecule has 0 aliphatic carbocycles. The van der Waals surface area contributed by atoms with Gasteiger partial charge in [0.2, 0.25) is 0 Å². The summed E-state index contributed by atoms with van der Waals surface area (Å²) in [6, 6.07) is 5.62. The van der Waals surface area contributed by atoms with Crippen LogP contribution in [0.3, 0.4) is 0 Å². The van der Waals surface area contributed by atoms with Crippen molar-refractivity contribution in [1.29, 1.82) is 0 Å². The van der Waals surface area contributed by atoms with Crippen LogP contribution < -0.4 is 5.32 Å². The number of piperazine rings is 1. The van der Waals surface area contributed by atoms with Crippen molar-refractivity contribution in [3.63, 3.8) is 0 Å². The maximum absolute atomic E-state index is 13.1. The zero-order chi connectivity index (χ0) is 11.5. The standard InChI is InChI=1S/C12H16BrFN2/c1-9(16-6-4-15-5-7-16)10-2-3-12(14)11(13)8-10/h2-3,8-9,15H,4-7H2,1H3. The van der Waals surface area contributed by atoms with E-state index in [-0.39, 0.29) is 5.82 Å². The van der Waals surface area contributed by atoms with Gasteiger partial charge in [-0.05, 0) is 40.5 Å². The maximum atomic E-state index is 13.1. The van der Waals surface area contributed by atoms with Gasteiger partial charge in [0.05, 0.1) is 4.47 Å². The Bertz CT molecular complexity index is 364. The Labute approximate surface area is 104 Å². The van der Waals surface area contributed by atoms with Crippen LogP contribution in [0.25, 0.3) is 0 Å². The van der Waals surface area contributed by atoms with Crippen molar-refractivity contribution in [3.05, 3.63) is 34.1 Å². The lowest BCUT2D eigenvalue weighted by Gasteiger charge is -2.33. The monoisotopic (exact) mass is 286 g/mol. The van der Waals surface area contributed by atoms with Crippen LogP contribution in [0.1, 0.15) is 18.5 Å². The highest BCUT2D eigenvalue weighted by atomic mass is 79.9. The molecule has 0 bridgehead atoms. The lowest BCUT2D eigenvalue weighted by Crippen LogP contribution is -2.44. The van der Waals surface area contributed by atoms with E-state index in [9.17, 15) is 4.39 Å². The third-order valence-corrected chi connectivity index (χ3v) is 3.73. The first-order chi connectivity index (χ1) is 7.68. The molecule has 88 valence electrons. The van der Waals surface area contributed by atoms with Crippen molar-refractivity contribution >= 4 is 15.9 Å². The van der Waals surface area contributed by atoms with Gasteiger partial charge >= 0.3 is 0 Å². The van der Waals surface area contributed by atoms with E-state index in [1.54, 1.807) is 0 Å². The molecular weight excluding hydrogens is 271 g/mol. The molecule has 1 saturated heterocycles. The summed E-state index contributed by atoms with van der Waals surface area (Å²) in [5.74, 6) is -0.198. The molecule has 0 spiro atoms. The largest absolute Gasteiger partial charge is 0.314 e. The Morgan fingerprint density at radius 1 is 1.38 bits per heavy atom. The average molecular weight is 287 g/mol. The van der Waals surface area contributed by atoms with Crippen molar-refractivity contribution in [2.45, 2.75) is 13.0 Å². The number of benzene rings is 1. The molecule has 4 heteroatoms. The summed E-state index contributed by atoms with van der Waals surface area (Å²) >= 11 is 3.23. The van der Waals surface area contributed by atoms with Gasteiger partial charge in [-0.2, -0.15) is 0 Å². The van der Waals surface area contributed by atoms with Gasteiger partial charge in [0.25, 0.3) is 0 Å². The summed E-state index contributed by atoms with van der Waals surface area (Å²) in [5.41, 5.74) is 1.16. The minimum Gasteiger partial charge on any atom is -0.314 e. The van der Waals surface area contributed by atoms with Gasteiger partial charge in [-0.1, -0.05) is 6.07 Å². The molecule has 0 amide bonds. The summed E-state index contributed by atoms with van der Waals surface area (Å²) in [4.78, 5) is 2.41. The lowest BCUT2D eigenvalue weighted by atomic mass is 10.1. The maximum Gasteiger partial charge on any atom is 0.137 e. The Hall–Kier alpha value is -0.450. The highest BCUT2D eigenvalue weighted by molar-refractivity contribution is 9.10. The zero-order valence-corrected chi connectivity index (χ0v) is 10.9. The molecule has 16 heavy (non-hydrogen) atoms. The quantitative estimate of drug-likeness (QED) is 0.899. The Morgan fingerprint density at radius 2 is 2.06 bits per heavy atom. The van der Waals surface area contributed by atoms with E-state index in [0.29, 0.717) is 10.5 Å². The van der Waals surface area contributed by atoms with Gasteiger partial charge in [-0.15, -0.1) is 0 Å². The van der Waals surface area contributed by atoms with Gasteiger partial charge in [-0.3, -0.25) is 4.90 Å². The first-order valence-electron chi connectivity index (χ1n) is 5.58. The van der Waals surface area contributed by atoms with Gasteiger partial charge in [0.15, 0.2) is 0 Å². The predicted octanol–water partition coefficient (Wildman–Crippen LogP) is 2.55. The van der Waals surface area contributed by atoms with E-state index in [2.05, 4.69) is 33.1 Å². The minimum atomic E-state index is -0.198. The first-order valence-corrected chi connectivity index (χ1v) is 6.37. The zero-order valence-electron chi connectivity index (χ0n) is 9.34. The van der Waals surface area contributed by atoms with Gasteiger partial charge in [0.1, 0.15) is 5.82 Å². The van der Waals surface area contributed by atoms with E-state index in [0.717, 1.165) is 31.7 Å². The first kappa shape index (κ1) is 12.0. The summed E-state index contributed by atoms with van der Waals surface area (Å²) in [6.45, 7) is 6.34. The lowest BCUT2D eigenvalue weighted by molar-refractivity contribution is 0.185. The Balaban J connectivity index is 2.12. The summed E-state index contributed by atoms with van der Waals surface area (Å²) in [6.07, 6.45) is 0. The average Bonchev–Trinajstić information content (AvgIpc) is 2.33. The number of hydrogen-bond acceptors (Lipinski definition) is 2. The molecule has 0 saturated carbocycles. The van der Waals surface area contributed by atoms with E-state index in [4.69, 9.17) is 0 Å². The van der Waals surface area contributed by atoms with Gasteiger partial charge in [0, 0.05) is 32.2 Å². The highest BCUT2D eigenvalue weighted by Gasteiger charge is 2.18. The van der Waals surface area contributed by atoms with Crippen LogP contribution in [0.5, 0.6) is 0 Å². The summed E-state index contributed by atoms with van der Waals surface area (Å²) in [5, 5.41) is 3.33. The fraction of sp³-hybridized carbons (Fsp3) is 0.500. The van der Waals surface area contributed by atoms with Crippen molar-refractivity contribution in [1.82, 2.24) is 10.2 Å². The van der Waals surface area contributed by atoms with Crippen molar-refractivity contribution in [2.75, 3.05) is 26.2 Å². The molecule has 2 nitrogen and oxygen atoms in total. The highest BCUT2D eigenvalue weighted by Crippen LogP contribution is 2.25. The van der Waals surface area contributed by atoms with Crippen LogP contribution >= 0.6 is 15.9 Å². The molecule has 1 aromatic rings. The molecular formula is C12H16BrFN2. The predicted molar refractivity (Wildman–Crippen MR) is 67.0 cm³/mol. The SMILES string of the molecule is CC(c1ccc(F)c(Br)c1)N1CCNCC1.